The molecule has 0 aromatic heterocycles. The monoisotopic (exact) mass is 281 g/mol. The van der Waals surface area contributed by atoms with E-state index in [1.807, 2.05) is 13.8 Å². The summed E-state index contributed by atoms with van der Waals surface area (Å²) in [6, 6.07) is 0.307. The van der Waals surface area contributed by atoms with Crippen molar-refractivity contribution in [3.63, 3.8) is 0 Å². The summed E-state index contributed by atoms with van der Waals surface area (Å²) < 4.78 is 0. The highest BCUT2D eigenvalue weighted by atomic mass is 16.2. The van der Waals surface area contributed by atoms with Gasteiger partial charge in [-0.2, -0.15) is 0 Å². The van der Waals surface area contributed by atoms with E-state index in [9.17, 15) is 9.59 Å². The van der Waals surface area contributed by atoms with Gasteiger partial charge in [0.1, 0.15) is 5.54 Å². The van der Waals surface area contributed by atoms with E-state index >= 15 is 0 Å². The van der Waals surface area contributed by atoms with Crippen molar-refractivity contribution in [3.8, 4) is 0 Å². The summed E-state index contributed by atoms with van der Waals surface area (Å²) in [5.74, 6) is 0.616. The van der Waals surface area contributed by atoms with Crippen LogP contribution in [-0.2, 0) is 9.59 Å². The van der Waals surface area contributed by atoms with Gasteiger partial charge < -0.3 is 16.0 Å². The van der Waals surface area contributed by atoms with Gasteiger partial charge >= 0.3 is 0 Å². The van der Waals surface area contributed by atoms with Crippen molar-refractivity contribution in [2.75, 3.05) is 13.1 Å². The summed E-state index contributed by atoms with van der Waals surface area (Å²) in [6.45, 7) is 4.80. The lowest BCUT2D eigenvalue weighted by atomic mass is 9.83. The normalized spacial score (nSPS) is 29.9. The van der Waals surface area contributed by atoms with Crippen LogP contribution in [0.4, 0.5) is 0 Å². The molecule has 114 valence electrons. The van der Waals surface area contributed by atoms with E-state index in [4.69, 9.17) is 5.73 Å². The maximum Gasteiger partial charge on any atom is 0.245 e. The molecule has 1 saturated carbocycles. The number of nitrogens with one attached hydrogen (secondary N) is 1. The number of carbonyl (C=O) groups excluding carboxylic acids is 2. The molecule has 2 unspecified atom stereocenters. The molecule has 20 heavy (non-hydrogen) atoms. The summed E-state index contributed by atoms with van der Waals surface area (Å²) in [6.07, 6.45) is 5.96. The molecule has 1 aliphatic carbocycles. The fraction of sp³-hybridized carbons (Fsp3) is 0.867. The fourth-order valence-electron chi connectivity index (χ4n) is 3.39. The average Bonchev–Trinajstić information content (AvgIpc) is 2.39. The first-order chi connectivity index (χ1) is 9.41. The number of rotatable bonds is 3. The highest BCUT2D eigenvalue weighted by Crippen LogP contribution is 2.28. The van der Waals surface area contributed by atoms with Crippen molar-refractivity contribution >= 4 is 11.8 Å². The van der Waals surface area contributed by atoms with Gasteiger partial charge in [-0.3, -0.25) is 9.59 Å². The van der Waals surface area contributed by atoms with Crippen molar-refractivity contribution in [3.05, 3.63) is 0 Å². The molecule has 2 amide bonds. The smallest absolute Gasteiger partial charge is 0.245 e. The largest absolute Gasteiger partial charge is 0.352 e. The van der Waals surface area contributed by atoms with Crippen molar-refractivity contribution in [2.24, 2.45) is 11.7 Å². The maximum atomic E-state index is 12.4. The summed E-state index contributed by atoms with van der Waals surface area (Å²) in [4.78, 5) is 26.0. The van der Waals surface area contributed by atoms with Gasteiger partial charge in [-0.15, -0.1) is 0 Å². The quantitative estimate of drug-likeness (QED) is 0.811. The van der Waals surface area contributed by atoms with Gasteiger partial charge in [0, 0.05) is 25.6 Å². The lowest BCUT2D eigenvalue weighted by molar-refractivity contribution is -0.149. The third kappa shape index (κ3) is 3.32. The molecule has 0 spiro atoms. The van der Waals surface area contributed by atoms with Crippen LogP contribution >= 0.6 is 0 Å². The fourth-order valence-corrected chi connectivity index (χ4v) is 3.39. The first kappa shape index (κ1) is 15.3. The Morgan fingerprint density at radius 1 is 1.45 bits per heavy atom. The molecule has 2 rings (SSSR count). The molecule has 5 nitrogen and oxygen atoms in total. The molecular weight excluding hydrogens is 254 g/mol. The van der Waals surface area contributed by atoms with Gasteiger partial charge in [0.05, 0.1) is 0 Å². The van der Waals surface area contributed by atoms with E-state index in [0.29, 0.717) is 31.5 Å². The predicted octanol–water partition coefficient (Wildman–Crippen LogP) is 1.02. The number of piperazine rings is 1. The van der Waals surface area contributed by atoms with Crippen LogP contribution in [-0.4, -0.2) is 41.4 Å². The number of carbonyl (C=O) groups is 2. The Bertz CT molecular complexity index is 381. The van der Waals surface area contributed by atoms with Crippen LogP contribution in [0, 0.1) is 5.92 Å². The SMILES string of the molecule is CC1(C)C(=O)NCCN1C(=O)CCC1CCCC(N)C1. The standard InChI is InChI=1S/C15H27N3O2/c1-15(2)14(20)17-8-9-18(15)13(19)7-6-11-4-3-5-12(16)10-11/h11-12H,3-10,16H2,1-2H3,(H,17,20). The van der Waals surface area contributed by atoms with Crippen LogP contribution in [0.3, 0.4) is 0 Å². The lowest BCUT2D eigenvalue weighted by Gasteiger charge is -2.41. The van der Waals surface area contributed by atoms with Gasteiger partial charge in [-0.1, -0.05) is 12.8 Å². The second-order valence-electron chi connectivity index (χ2n) is 6.69. The first-order valence-electron chi connectivity index (χ1n) is 7.75. The minimum Gasteiger partial charge on any atom is -0.352 e. The average molecular weight is 281 g/mol. The molecule has 2 atom stereocenters. The molecule has 2 fully saturated rings. The molecule has 1 aliphatic heterocycles. The Kier molecular flexibility index (Phi) is 4.68. The van der Waals surface area contributed by atoms with Gasteiger partial charge in [-0.25, -0.2) is 0 Å². The molecule has 1 saturated heterocycles. The Morgan fingerprint density at radius 2 is 2.20 bits per heavy atom. The molecule has 2 aliphatic rings. The van der Waals surface area contributed by atoms with Gasteiger partial charge in [0.15, 0.2) is 0 Å². The lowest BCUT2D eigenvalue weighted by Crippen LogP contribution is -2.63. The highest BCUT2D eigenvalue weighted by molar-refractivity contribution is 5.91. The van der Waals surface area contributed by atoms with Crippen LogP contribution < -0.4 is 11.1 Å². The van der Waals surface area contributed by atoms with Crippen molar-refractivity contribution in [1.82, 2.24) is 10.2 Å². The second-order valence-corrected chi connectivity index (χ2v) is 6.69. The van der Waals surface area contributed by atoms with Crippen molar-refractivity contribution in [1.29, 1.82) is 0 Å². The summed E-state index contributed by atoms with van der Waals surface area (Å²) in [5.41, 5.74) is 5.26. The van der Waals surface area contributed by atoms with E-state index in [-0.39, 0.29) is 11.8 Å². The summed E-state index contributed by atoms with van der Waals surface area (Å²) >= 11 is 0. The van der Waals surface area contributed by atoms with Crippen LogP contribution in [0.2, 0.25) is 0 Å². The predicted molar refractivity (Wildman–Crippen MR) is 78.0 cm³/mol. The van der Waals surface area contributed by atoms with Crippen LogP contribution in [0.25, 0.3) is 0 Å². The Labute approximate surface area is 121 Å². The molecule has 0 bridgehead atoms. The summed E-state index contributed by atoms with van der Waals surface area (Å²) in [5, 5.41) is 2.82. The van der Waals surface area contributed by atoms with Crippen LogP contribution in [0.1, 0.15) is 52.4 Å². The minimum atomic E-state index is -0.724. The van der Waals surface area contributed by atoms with Gasteiger partial charge in [0.2, 0.25) is 11.8 Å². The van der Waals surface area contributed by atoms with E-state index in [1.165, 1.54) is 12.8 Å². The van der Waals surface area contributed by atoms with Crippen LogP contribution in [0.5, 0.6) is 0 Å². The number of hydrogen-bond donors (Lipinski definition) is 2. The van der Waals surface area contributed by atoms with Gasteiger partial charge in [-0.05, 0) is 39.0 Å². The molecule has 3 N–H and O–H groups in total. The second kappa shape index (κ2) is 6.12. The number of amides is 2. The molecule has 0 aromatic carbocycles. The number of hydrogen-bond acceptors (Lipinski definition) is 3. The van der Waals surface area contributed by atoms with Crippen molar-refractivity contribution < 1.29 is 9.59 Å². The maximum absolute atomic E-state index is 12.4. The molecule has 5 heteroatoms. The Balaban J connectivity index is 1.86. The highest BCUT2D eigenvalue weighted by Gasteiger charge is 2.40. The van der Waals surface area contributed by atoms with E-state index < -0.39 is 5.54 Å². The Hall–Kier alpha value is -1.10. The molecule has 1 heterocycles. The number of nitrogens with two attached hydrogens (primary N) is 1. The third-order valence-electron chi connectivity index (χ3n) is 4.74. The Morgan fingerprint density at radius 3 is 2.90 bits per heavy atom. The van der Waals surface area contributed by atoms with Crippen molar-refractivity contribution in [2.45, 2.75) is 64.0 Å². The summed E-state index contributed by atoms with van der Waals surface area (Å²) in [7, 11) is 0. The van der Waals surface area contributed by atoms with E-state index in [2.05, 4.69) is 5.32 Å². The zero-order valence-corrected chi connectivity index (χ0v) is 12.7. The minimum absolute atomic E-state index is 0.0585. The van der Waals surface area contributed by atoms with Gasteiger partial charge in [0.25, 0.3) is 0 Å². The van der Waals surface area contributed by atoms with E-state index in [1.54, 1.807) is 4.90 Å². The molecule has 0 aromatic rings. The number of nitrogens with zero attached hydrogens (tertiary/aromatic N) is 1. The zero-order chi connectivity index (χ0) is 14.8. The molecular formula is C15H27N3O2. The van der Waals surface area contributed by atoms with Crippen LogP contribution in [0.15, 0.2) is 0 Å². The third-order valence-corrected chi connectivity index (χ3v) is 4.74. The topological polar surface area (TPSA) is 75.4 Å². The zero-order valence-electron chi connectivity index (χ0n) is 12.7. The van der Waals surface area contributed by atoms with E-state index in [0.717, 1.165) is 19.3 Å². The first-order valence-corrected chi connectivity index (χ1v) is 7.75. The molecule has 0 radical (unpaired) electrons.